The average Bonchev–Trinajstić information content (AvgIpc) is 2.80. The third-order valence-corrected chi connectivity index (χ3v) is 4.67. The summed E-state index contributed by atoms with van der Waals surface area (Å²) >= 11 is 0. The van der Waals surface area contributed by atoms with Gasteiger partial charge in [0.15, 0.2) is 5.69 Å². The molecule has 30 heavy (non-hydrogen) atoms. The largest absolute Gasteiger partial charge is 0.496 e. The highest BCUT2D eigenvalue weighted by Crippen LogP contribution is 2.21. The van der Waals surface area contributed by atoms with Crippen molar-refractivity contribution in [3.05, 3.63) is 84.2 Å². The van der Waals surface area contributed by atoms with Gasteiger partial charge in [-0.1, -0.05) is 36.4 Å². The first kappa shape index (κ1) is 19.3. The van der Waals surface area contributed by atoms with Crippen LogP contribution in [0.3, 0.4) is 0 Å². The van der Waals surface area contributed by atoms with E-state index in [0.29, 0.717) is 18.1 Å². The number of methoxy groups -OCH3 is 1. The van der Waals surface area contributed by atoms with Crippen molar-refractivity contribution in [1.29, 1.82) is 0 Å². The molecule has 7 nitrogen and oxygen atoms in total. The first-order chi connectivity index (χ1) is 14.7. The Morgan fingerprint density at radius 3 is 2.67 bits per heavy atom. The number of anilines is 2. The molecule has 0 spiro atoms. The molecule has 0 saturated carbocycles. The summed E-state index contributed by atoms with van der Waals surface area (Å²) in [5.41, 5.74) is 2.72. The van der Waals surface area contributed by atoms with Crippen LogP contribution < -0.4 is 15.4 Å². The zero-order valence-electron chi connectivity index (χ0n) is 16.5. The Morgan fingerprint density at radius 1 is 0.967 bits per heavy atom. The van der Waals surface area contributed by atoms with Gasteiger partial charge in [-0.25, -0.2) is 0 Å². The molecular weight excluding hydrogens is 378 g/mol. The smallest absolute Gasteiger partial charge is 0.276 e. The average molecular weight is 399 g/mol. The monoisotopic (exact) mass is 399 g/mol. The lowest BCUT2D eigenvalue weighted by Crippen LogP contribution is -2.15. The van der Waals surface area contributed by atoms with Gasteiger partial charge in [0, 0.05) is 18.1 Å². The summed E-state index contributed by atoms with van der Waals surface area (Å²) in [4.78, 5) is 16.9. The molecule has 2 aromatic carbocycles. The normalized spacial score (nSPS) is 10.6. The number of nitrogens with one attached hydrogen (secondary N) is 2. The van der Waals surface area contributed by atoms with E-state index in [0.717, 1.165) is 28.6 Å². The number of carbonyl (C=O) groups excluding carboxylic acids is 1. The quantitative estimate of drug-likeness (QED) is 0.489. The van der Waals surface area contributed by atoms with Gasteiger partial charge in [-0.2, -0.15) is 0 Å². The number of amides is 1. The standard InChI is InChI=1S/C23H21N5O2/c1-30-20-10-3-2-6-16(20)13-15-24-21-12-11-19(27-28-21)23(29)26-18-9-4-7-17-8-5-14-25-22(17)18/h2-12,14H,13,15H2,1H3,(H,24,28)(H,26,29). The molecule has 1 amide bonds. The van der Waals surface area contributed by atoms with E-state index in [-0.39, 0.29) is 11.6 Å². The molecule has 0 fully saturated rings. The molecule has 0 saturated heterocycles. The molecule has 0 atom stereocenters. The van der Waals surface area contributed by atoms with Crippen LogP contribution in [-0.2, 0) is 6.42 Å². The van der Waals surface area contributed by atoms with Crippen molar-refractivity contribution >= 4 is 28.3 Å². The molecule has 0 aliphatic heterocycles. The summed E-state index contributed by atoms with van der Waals surface area (Å²) in [6.45, 7) is 0.669. The summed E-state index contributed by atoms with van der Waals surface area (Å²) in [5.74, 6) is 1.13. The minimum Gasteiger partial charge on any atom is -0.496 e. The van der Waals surface area contributed by atoms with Crippen molar-refractivity contribution in [2.24, 2.45) is 0 Å². The van der Waals surface area contributed by atoms with Crippen molar-refractivity contribution in [2.45, 2.75) is 6.42 Å². The Labute approximate surface area is 174 Å². The van der Waals surface area contributed by atoms with Crippen molar-refractivity contribution < 1.29 is 9.53 Å². The van der Waals surface area contributed by atoms with Crippen molar-refractivity contribution in [3.63, 3.8) is 0 Å². The molecule has 0 radical (unpaired) electrons. The second kappa shape index (κ2) is 9.00. The number of carbonyl (C=O) groups is 1. The highest BCUT2D eigenvalue weighted by atomic mass is 16.5. The lowest BCUT2D eigenvalue weighted by molar-refractivity contribution is 0.102. The van der Waals surface area contributed by atoms with Crippen LogP contribution >= 0.6 is 0 Å². The van der Waals surface area contributed by atoms with E-state index < -0.39 is 0 Å². The Morgan fingerprint density at radius 2 is 1.83 bits per heavy atom. The Bertz CT molecular complexity index is 1160. The molecule has 4 rings (SSSR count). The Kier molecular flexibility index (Phi) is 5.80. The van der Waals surface area contributed by atoms with E-state index in [1.54, 1.807) is 25.4 Å². The highest BCUT2D eigenvalue weighted by Gasteiger charge is 2.11. The summed E-state index contributed by atoms with van der Waals surface area (Å²) in [7, 11) is 1.66. The van der Waals surface area contributed by atoms with Crippen molar-refractivity contribution in [2.75, 3.05) is 24.3 Å². The molecule has 2 heterocycles. The SMILES string of the molecule is COc1ccccc1CCNc1ccc(C(=O)Nc2cccc3cccnc23)nn1. The predicted octanol–water partition coefficient (Wildman–Crippen LogP) is 3.94. The van der Waals surface area contributed by atoms with Crippen LogP contribution in [0, 0.1) is 0 Å². The van der Waals surface area contributed by atoms with Gasteiger partial charge in [0.25, 0.3) is 5.91 Å². The minimum atomic E-state index is -0.332. The van der Waals surface area contributed by atoms with Crippen LogP contribution in [0.2, 0.25) is 0 Å². The van der Waals surface area contributed by atoms with E-state index in [1.807, 2.05) is 54.6 Å². The number of aromatic nitrogens is 3. The Balaban J connectivity index is 1.37. The lowest BCUT2D eigenvalue weighted by atomic mass is 10.1. The van der Waals surface area contributed by atoms with Crippen LogP contribution in [0.1, 0.15) is 16.1 Å². The fourth-order valence-electron chi connectivity index (χ4n) is 3.17. The molecule has 0 bridgehead atoms. The number of para-hydroxylation sites is 2. The highest BCUT2D eigenvalue weighted by molar-refractivity contribution is 6.07. The molecule has 0 aliphatic rings. The van der Waals surface area contributed by atoms with Crippen molar-refractivity contribution in [1.82, 2.24) is 15.2 Å². The number of hydrogen-bond acceptors (Lipinski definition) is 6. The van der Waals surface area contributed by atoms with Gasteiger partial charge in [-0.05, 0) is 42.3 Å². The number of pyridine rings is 1. The summed E-state index contributed by atoms with van der Waals surface area (Å²) in [6, 6.07) is 20.7. The molecule has 4 aromatic rings. The van der Waals surface area contributed by atoms with Gasteiger partial charge in [-0.15, -0.1) is 10.2 Å². The summed E-state index contributed by atoms with van der Waals surface area (Å²) < 4.78 is 5.36. The van der Waals surface area contributed by atoms with E-state index in [1.165, 1.54) is 0 Å². The fraction of sp³-hybridized carbons (Fsp3) is 0.130. The minimum absolute atomic E-state index is 0.234. The summed E-state index contributed by atoms with van der Waals surface area (Å²) in [6.07, 6.45) is 2.48. The maximum absolute atomic E-state index is 12.6. The van der Waals surface area contributed by atoms with Crippen LogP contribution in [0.15, 0.2) is 72.9 Å². The second-order valence-corrected chi connectivity index (χ2v) is 6.63. The molecule has 0 unspecified atom stereocenters. The zero-order valence-corrected chi connectivity index (χ0v) is 16.5. The van der Waals surface area contributed by atoms with Gasteiger partial charge < -0.3 is 15.4 Å². The van der Waals surface area contributed by atoms with Gasteiger partial charge in [0.2, 0.25) is 0 Å². The third kappa shape index (κ3) is 4.35. The maximum atomic E-state index is 12.6. The molecule has 2 N–H and O–H groups in total. The number of fused-ring (bicyclic) bond motifs is 1. The number of hydrogen-bond donors (Lipinski definition) is 2. The van der Waals surface area contributed by atoms with Crippen LogP contribution in [0.4, 0.5) is 11.5 Å². The van der Waals surface area contributed by atoms with Crippen LogP contribution in [0.25, 0.3) is 10.9 Å². The molecular formula is C23H21N5O2. The molecule has 7 heteroatoms. The third-order valence-electron chi connectivity index (χ3n) is 4.67. The van der Waals surface area contributed by atoms with Crippen molar-refractivity contribution in [3.8, 4) is 5.75 Å². The Hall–Kier alpha value is -4.00. The first-order valence-corrected chi connectivity index (χ1v) is 9.59. The lowest BCUT2D eigenvalue weighted by Gasteiger charge is -2.10. The van der Waals surface area contributed by atoms with Crippen LogP contribution in [0.5, 0.6) is 5.75 Å². The fourth-order valence-corrected chi connectivity index (χ4v) is 3.17. The van der Waals surface area contributed by atoms with E-state index in [4.69, 9.17) is 4.74 Å². The number of benzene rings is 2. The first-order valence-electron chi connectivity index (χ1n) is 9.59. The maximum Gasteiger partial charge on any atom is 0.276 e. The number of ether oxygens (including phenoxy) is 1. The molecule has 2 aromatic heterocycles. The van der Waals surface area contributed by atoms with Gasteiger partial charge in [0.05, 0.1) is 18.3 Å². The number of rotatable bonds is 7. The van der Waals surface area contributed by atoms with Gasteiger partial charge >= 0.3 is 0 Å². The summed E-state index contributed by atoms with van der Waals surface area (Å²) in [5, 5.41) is 15.2. The second-order valence-electron chi connectivity index (χ2n) is 6.63. The predicted molar refractivity (Wildman–Crippen MR) is 117 cm³/mol. The molecule has 0 aliphatic carbocycles. The van der Waals surface area contributed by atoms with Crippen LogP contribution in [-0.4, -0.2) is 34.7 Å². The van der Waals surface area contributed by atoms with E-state index in [2.05, 4.69) is 25.8 Å². The van der Waals surface area contributed by atoms with E-state index in [9.17, 15) is 4.79 Å². The van der Waals surface area contributed by atoms with Gasteiger partial charge in [-0.3, -0.25) is 9.78 Å². The topological polar surface area (TPSA) is 89.0 Å². The number of nitrogens with zero attached hydrogens (tertiary/aromatic N) is 3. The molecule has 150 valence electrons. The van der Waals surface area contributed by atoms with Gasteiger partial charge in [0.1, 0.15) is 11.6 Å². The van der Waals surface area contributed by atoms with E-state index >= 15 is 0 Å². The zero-order chi connectivity index (χ0) is 20.8.